The van der Waals surface area contributed by atoms with Crippen molar-refractivity contribution < 1.29 is 9.90 Å². The van der Waals surface area contributed by atoms with Crippen LogP contribution < -0.4 is 5.73 Å². The first kappa shape index (κ1) is 10.6. The molecule has 1 heterocycles. The van der Waals surface area contributed by atoms with Crippen LogP contribution >= 0.6 is 0 Å². The first-order chi connectivity index (χ1) is 6.58. The van der Waals surface area contributed by atoms with Gasteiger partial charge in [0.2, 0.25) is 0 Å². The summed E-state index contributed by atoms with van der Waals surface area (Å²) in [5.41, 5.74) is 6.52. The monoisotopic (exact) mass is 198 g/mol. The maximum absolute atomic E-state index is 10.3. The van der Waals surface area contributed by atoms with Crippen LogP contribution in [0.3, 0.4) is 0 Å². The van der Waals surface area contributed by atoms with E-state index in [4.69, 9.17) is 10.8 Å². The Hall–Kier alpha value is -1.43. The third-order valence-corrected chi connectivity index (χ3v) is 1.85. The molecule has 0 saturated carbocycles. The number of hydrogen-bond acceptors (Lipinski definition) is 4. The summed E-state index contributed by atoms with van der Waals surface area (Å²) in [5.74, 6) is -0.820. The maximum atomic E-state index is 10.3. The van der Waals surface area contributed by atoms with Gasteiger partial charge in [-0.15, -0.1) is 5.10 Å². The molecule has 78 valence electrons. The fourth-order valence-electron chi connectivity index (χ4n) is 1.17. The van der Waals surface area contributed by atoms with E-state index in [2.05, 4.69) is 10.3 Å². The molecule has 1 aromatic rings. The third-order valence-electron chi connectivity index (χ3n) is 1.85. The van der Waals surface area contributed by atoms with Crippen LogP contribution in [0.2, 0.25) is 0 Å². The van der Waals surface area contributed by atoms with Crippen molar-refractivity contribution in [2.24, 2.45) is 12.8 Å². The van der Waals surface area contributed by atoms with Crippen molar-refractivity contribution in [3.05, 3.63) is 11.9 Å². The lowest BCUT2D eigenvalue weighted by atomic mass is 10.1. The first-order valence-corrected chi connectivity index (χ1v) is 4.40. The summed E-state index contributed by atoms with van der Waals surface area (Å²) in [6.07, 6.45) is 2.91. The Bertz CT molecular complexity index is 310. The molecule has 0 bridgehead atoms. The van der Waals surface area contributed by atoms with E-state index in [0.717, 1.165) is 5.69 Å². The van der Waals surface area contributed by atoms with Crippen LogP contribution in [0.4, 0.5) is 0 Å². The number of carboxylic acid groups (broad SMARTS) is 1. The van der Waals surface area contributed by atoms with Crippen molar-refractivity contribution in [1.29, 1.82) is 0 Å². The Labute approximate surface area is 81.7 Å². The minimum absolute atomic E-state index is 0.0986. The number of carboxylic acids is 1. The minimum Gasteiger partial charge on any atom is -0.481 e. The van der Waals surface area contributed by atoms with Crippen LogP contribution in [-0.4, -0.2) is 32.1 Å². The quantitative estimate of drug-likeness (QED) is 0.668. The van der Waals surface area contributed by atoms with Crippen LogP contribution in [-0.2, 0) is 18.3 Å². The lowest BCUT2D eigenvalue weighted by Crippen LogP contribution is -2.23. The highest BCUT2D eigenvalue weighted by molar-refractivity contribution is 5.66. The van der Waals surface area contributed by atoms with Gasteiger partial charge in [-0.2, -0.15) is 0 Å². The SMILES string of the molecule is Cn1cc(CC(N)CCC(=O)O)nn1. The normalized spacial score (nSPS) is 12.7. The summed E-state index contributed by atoms with van der Waals surface area (Å²) in [6, 6.07) is -0.164. The molecule has 1 unspecified atom stereocenters. The van der Waals surface area contributed by atoms with E-state index >= 15 is 0 Å². The number of aryl methyl sites for hydroxylation is 1. The van der Waals surface area contributed by atoms with Gasteiger partial charge in [0.15, 0.2) is 0 Å². The Morgan fingerprint density at radius 3 is 3.00 bits per heavy atom. The second kappa shape index (κ2) is 4.71. The molecule has 14 heavy (non-hydrogen) atoms. The van der Waals surface area contributed by atoms with Crippen LogP contribution in [0.1, 0.15) is 18.5 Å². The summed E-state index contributed by atoms with van der Waals surface area (Å²) >= 11 is 0. The summed E-state index contributed by atoms with van der Waals surface area (Å²) < 4.78 is 1.60. The van der Waals surface area contributed by atoms with Gasteiger partial charge < -0.3 is 10.8 Å². The lowest BCUT2D eigenvalue weighted by molar-refractivity contribution is -0.137. The van der Waals surface area contributed by atoms with Gasteiger partial charge in [0.1, 0.15) is 0 Å². The number of aromatic nitrogens is 3. The van der Waals surface area contributed by atoms with E-state index in [0.29, 0.717) is 12.8 Å². The van der Waals surface area contributed by atoms with Crippen molar-refractivity contribution >= 4 is 5.97 Å². The zero-order valence-corrected chi connectivity index (χ0v) is 8.05. The second-order valence-electron chi connectivity index (χ2n) is 3.28. The number of nitrogens with zero attached hydrogens (tertiary/aromatic N) is 3. The Kier molecular flexibility index (Phi) is 3.58. The second-order valence-corrected chi connectivity index (χ2v) is 3.28. The highest BCUT2D eigenvalue weighted by Crippen LogP contribution is 2.02. The van der Waals surface area contributed by atoms with Gasteiger partial charge in [-0.3, -0.25) is 9.48 Å². The summed E-state index contributed by atoms with van der Waals surface area (Å²) in [4.78, 5) is 10.3. The fourth-order valence-corrected chi connectivity index (χ4v) is 1.17. The van der Waals surface area contributed by atoms with E-state index < -0.39 is 5.97 Å². The zero-order valence-electron chi connectivity index (χ0n) is 8.05. The van der Waals surface area contributed by atoms with Gasteiger partial charge in [-0.05, 0) is 6.42 Å². The molecule has 3 N–H and O–H groups in total. The fraction of sp³-hybridized carbons (Fsp3) is 0.625. The molecular formula is C8H14N4O2. The van der Waals surface area contributed by atoms with Crippen molar-refractivity contribution in [1.82, 2.24) is 15.0 Å². The van der Waals surface area contributed by atoms with Gasteiger partial charge >= 0.3 is 5.97 Å². The van der Waals surface area contributed by atoms with Gasteiger partial charge in [-0.25, -0.2) is 0 Å². The van der Waals surface area contributed by atoms with Gasteiger partial charge in [0.25, 0.3) is 0 Å². The van der Waals surface area contributed by atoms with Crippen LogP contribution in [0.15, 0.2) is 6.20 Å². The van der Waals surface area contributed by atoms with Crippen LogP contribution in [0.5, 0.6) is 0 Å². The molecule has 6 nitrogen and oxygen atoms in total. The Morgan fingerprint density at radius 2 is 2.50 bits per heavy atom. The van der Waals surface area contributed by atoms with E-state index in [9.17, 15) is 4.79 Å². The topological polar surface area (TPSA) is 94.0 Å². The standard InChI is InChI=1S/C8H14N4O2/c1-12-5-7(10-11-12)4-6(9)2-3-8(13)14/h5-6H,2-4,9H2,1H3,(H,13,14). The average Bonchev–Trinajstić information content (AvgIpc) is 2.48. The van der Waals surface area contributed by atoms with Crippen molar-refractivity contribution in [3.63, 3.8) is 0 Å². The highest BCUT2D eigenvalue weighted by atomic mass is 16.4. The van der Waals surface area contributed by atoms with Gasteiger partial charge in [0, 0.05) is 32.1 Å². The molecule has 0 aromatic carbocycles. The van der Waals surface area contributed by atoms with Crippen molar-refractivity contribution in [3.8, 4) is 0 Å². The summed E-state index contributed by atoms with van der Waals surface area (Å²) in [7, 11) is 1.78. The Balaban J connectivity index is 2.33. The molecule has 0 aliphatic rings. The molecule has 1 atom stereocenters. The van der Waals surface area contributed by atoms with Crippen molar-refractivity contribution in [2.45, 2.75) is 25.3 Å². The number of aliphatic carboxylic acids is 1. The smallest absolute Gasteiger partial charge is 0.303 e. The molecule has 0 saturated heterocycles. The van der Waals surface area contributed by atoms with Crippen LogP contribution in [0, 0.1) is 0 Å². The minimum atomic E-state index is -0.820. The van der Waals surface area contributed by atoms with E-state index in [1.165, 1.54) is 0 Å². The number of nitrogens with two attached hydrogens (primary N) is 1. The first-order valence-electron chi connectivity index (χ1n) is 4.40. The lowest BCUT2D eigenvalue weighted by Gasteiger charge is -2.06. The molecule has 0 spiro atoms. The molecule has 1 aromatic heterocycles. The summed E-state index contributed by atoms with van der Waals surface area (Å²) in [6.45, 7) is 0. The molecule has 0 radical (unpaired) electrons. The molecule has 0 amide bonds. The molecule has 1 rings (SSSR count). The number of hydrogen-bond donors (Lipinski definition) is 2. The zero-order chi connectivity index (χ0) is 10.6. The predicted octanol–water partition coefficient (Wildman–Crippen LogP) is -0.450. The predicted molar refractivity (Wildman–Crippen MR) is 49.6 cm³/mol. The van der Waals surface area contributed by atoms with E-state index in [1.54, 1.807) is 17.9 Å². The van der Waals surface area contributed by atoms with Gasteiger partial charge in [0.05, 0.1) is 5.69 Å². The maximum Gasteiger partial charge on any atom is 0.303 e. The number of rotatable bonds is 5. The number of carbonyl (C=O) groups is 1. The summed E-state index contributed by atoms with van der Waals surface area (Å²) in [5, 5.41) is 16.1. The third kappa shape index (κ3) is 3.53. The van der Waals surface area contributed by atoms with E-state index in [1.807, 2.05) is 0 Å². The molecule has 0 aliphatic heterocycles. The Morgan fingerprint density at radius 1 is 1.79 bits per heavy atom. The molecule has 0 aliphatic carbocycles. The van der Waals surface area contributed by atoms with E-state index in [-0.39, 0.29) is 12.5 Å². The van der Waals surface area contributed by atoms with Gasteiger partial charge in [-0.1, -0.05) is 5.21 Å². The molecular weight excluding hydrogens is 184 g/mol. The molecule has 6 heteroatoms. The highest BCUT2D eigenvalue weighted by Gasteiger charge is 2.08. The largest absolute Gasteiger partial charge is 0.481 e. The van der Waals surface area contributed by atoms with Crippen molar-refractivity contribution in [2.75, 3.05) is 0 Å². The van der Waals surface area contributed by atoms with Crippen LogP contribution in [0.25, 0.3) is 0 Å². The average molecular weight is 198 g/mol. The molecule has 0 fully saturated rings.